The molecule has 5 nitrogen and oxygen atoms in total. The van der Waals surface area contributed by atoms with Crippen LogP contribution in [-0.2, 0) is 0 Å². The molecule has 2 aromatic carbocycles. The second-order valence-electron chi connectivity index (χ2n) is 6.78. The second-order valence-corrected chi connectivity index (χ2v) is 6.78. The molecule has 2 heterocycles. The van der Waals surface area contributed by atoms with Gasteiger partial charge in [-0.05, 0) is 61.7 Å². The highest BCUT2D eigenvalue weighted by atomic mass is 19.1. The Kier molecular flexibility index (Phi) is 4.11. The summed E-state index contributed by atoms with van der Waals surface area (Å²) in [5.74, 6) is -0.603. The normalized spacial score (nSPS) is 19.0. The number of rotatable bonds is 2. The first-order chi connectivity index (χ1) is 12.5. The summed E-state index contributed by atoms with van der Waals surface area (Å²) in [6.45, 7) is 0.778. The summed E-state index contributed by atoms with van der Waals surface area (Å²) in [6.07, 6.45) is 3.12. The number of fused-ring (bicyclic) bond motifs is 2. The number of amides is 2. The second kappa shape index (κ2) is 6.44. The molecule has 1 saturated heterocycles. The number of halogens is 1. The maximum absolute atomic E-state index is 13.0. The van der Waals surface area contributed by atoms with Gasteiger partial charge in [0.05, 0.1) is 11.3 Å². The van der Waals surface area contributed by atoms with E-state index in [1.54, 1.807) is 18.2 Å². The Morgan fingerprint density at radius 3 is 2.69 bits per heavy atom. The van der Waals surface area contributed by atoms with Gasteiger partial charge in [-0.15, -0.1) is 0 Å². The molecule has 0 aromatic heterocycles. The van der Waals surface area contributed by atoms with Crippen molar-refractivity contribution in [1.82, 2.24) is 4.90 Å². The first-order valence-electron chi connectivity index (χ1n) is 8.79. The van der Waals surface area contributed by atoms with Crippen LogP contribution in [0.2, 0.25) is 0 Å². The molecule has 2 aromatic rings. The van der Waals surface area contributed by atoms with Crippen LogP contribution in [-0.4, -0.2) is 36.5 Å². The van der Waals surface area contributed by atoms with Crippen molar-refractivity contribution in [3.8, 4) is 0 Å². The fourth-order valence-corrected chi connectivity index (χ4v) is 3.75. The summed E-state index contributed by atoms with van der Waals surface area (Å²) >= 11 is 0. The fourth-order valence-electron chi connectivity index (χ4n) is 3.75. The number of anilines is 2. The van der Waals surface area contributed by atoms with Crippen LogP contribution in [0.5, 0.6) is 0 Å². The average Bonchev–Trinajstić information content (AvgIpc) is 2.67. The Morgan fingerprint density at radius 1 is 1.15 bits per heavy atom. The van der Waals surface area contributed by atoms with E-state index in [0.29, 0.717) is 16.8 Å². The summed E-state index contributed by atoms with van der Waals surface area (Å²) in [5, 5.41) is 2.76. The highest BCUT2D eigenvalue weighted by molar-refractivity contribution is 6.08. The molecule has 1 fully saturated rings. The third kappa shape index (κ3) is 2.81. The molecule has 1 atom stereocenters. The highest BCUT2D eigenvalue weighted by Crippen LogP contribution is 2.34. The number of hydrogen-bond acceptors (Lipinski definition) is 3. The van der Waals surface area contributed by atoms with E-state index in [2.05, 4.69) is 10.2 Å². The molecule has 2 aliphatic rings. The largest absolute Gasteiger partial charge is 0.354 e. The van der Waals surface area contributed by atoms with Gasteiger partial charge in [0.25, 0.3) is 11.8 Å². The molecule has 6 heteroatoms. The van der Waals surface area contributed by atoms with Gasteiger partial charge in [-0.2, -0.15) is 0 Å². The summed E-state index contributed by atoms with van der Waals surface area (Å²) < 4.78 is 13.0. The lowest BCUT2D eigenvalue weighted by Crippen LogP contribution is -2.55. The quantitative estimate of drug-likeness (QED) is 0.899. The molecule has 0 radical (unpaired) electrons. The predicted molar refractivity (Wildman–Crippen MR) is 97.9 cm³/mol. The van der Waals surface area contributed by atoms with Gasteiger partial charge in [0.2, 0.25) is 0 Å². The smallest absolute Gasteiger partial charge is 0.257 e. The van der Waals surface area contributed by atoms with Crippen LogP contribution >= 0.6 is 0 Å². The third-order valence-electron chi connectivity index (χ3n) is 5.15. The van der Waals surface area contributed by atoms with Crippen LogP contribution in [0.4, 0.5) is 15.8 Å². The minimum atomic E-state index is -0.353. The van der Waals surface area contributed by atoms with Crippen LogP contribution in [0.15, 0.2) is 42.5 Å². The van der Waals surface area contributed by atoms with Crippen molar-refractivity contribution in [2.45, 2.75) is 25.4 Å². The molecule has 4 rings (SSSR count). The topological polar surface area (TPSA) is 52.7 Å². The Morgan fingerprint density at radius 2 is 1.92 bits per heavy atom. The minimum absolute atomic E-state index is 0.0355. The first kappa shape index (κ1) is 16.6. The van der Waals surface area contributed by atoms with Crippen molar-refractivity contribution in [3.63, 3.8) is 0 Å². The summed E-state index contributed by atoms with van der Waals surface area (Å²) in [5.41, 5.74) is 2.41. The van der Waals surface area contributed by atoms with Crippen molar-refractivity contribution in [3.05, 3.63) is 59.4 Å². The lowest BCUT2D eigenvalue weighted by atomic mass is 9.97. The zero-order valence-corrected chi connectivity index (χ0v) is 14.5. The van der Waals surface area contributed by atoms with Gasteiger partial charge in [-0.3, -0.25) is 9.59 Å². The summed E-state index contributed by atoms with van der Waals surface area (Å²) in [4.78, 5) is 29.3. The van der Waals surface area contributed by atoms with Crippen molar-refractivity contribution >= 4 is 23.2 Å². The first-order valence-corrected chi connectivity index (χ1v) is 8.79. The Labute approximate surface area is 151 Å². The van der Waals surface area contributed by atoms with Crippen molar-refractivity contribution < 1.29 is 14.0 Å². The molecule has 1 N–H and O–H groups in total. The van der Waals surface area contributed by atoms with E-state index in [9.17, 15) is 14.0 Å². The number of benzene rings is 2. The Bertz CT molecular complexity index is 866. The van der Waals surface area contributed by atoms with Gasteiger partial charge in [0.1, 0.15) is 12.0 Å². The van der Waals surface area contributed by atoms with Gasteiger partial charge in [0.15, 0.2) is 0 Å². The molecule has 26 heavy (non-hydrogen) atoms. The number of nitrogens with zero attached hydrogens (tertiary/aromatic N) is 2. The van der Waals surface area contributed by atoms with Gasteiger partial charge in [0, 0.05) is 24.8 Å². The van der Waals surface area contributed by atoms with Crippen LogP contribution in [0.1, 0.15) is 40.0 Å². The van der Waals surface area contributed by atoms with E-state index in [4.69, 9.17) is 0 Å². The lowest BCUT2D eigenvalue weighted by molar-refractivity contribution is 0.0589. The molecule has 0 bridgehead atoms. The molecular weight excluding hydrogens is 333 g/mol. The SMILES string of the molecule is CN1c2cc(C(=O)Nc3ccc(F)cc3)ccc2C(=O)N2CCCC[C@H]21. The zero-order valence-electron chi connectivity index (χ0n) is 14.5. The van der Waals surface area contributed by atoms with Crippen LogP contribution in [0.3, 0.4) is 0 Å². The number of carbonyl (C=O) groups excluding carboxylic acids is 2. The van der Waals surface area contributed by atoms with E-state index in [1.807, 2.05) is 11.9 Å². The number of piperidine rings is 1. The van der Waals surface area contributed by atoms with Crippen molar-refractivity contribution in [2.75, 3.05) is 23.8 Å². The van der Waals surface area contributed by atoms with Crippen molar-refractivity contribution in [1.29, 1.82) is 0 Å². The number of nitrogens with one attached hydrogen (secondary N) is 1. The van der Waals surface area contributed by atoms with Gasteiger partial charge >= 0.3 is 0 Å². The van der Waals surface area contributed by atoms with Crippen LogP contribution in [0.25, 0.3) is 0 Å². The number of hydrogen-bond donors (Lipinski definition) is 1. The monoisotopic (exact) mass is 353 g/mol. The highest BCUT2D eigenvalue weighted by Gasteiger charge is 2.37. The molecular formula is C20H20FN3O2. The van der Waals surface area contributed by atoms with Crippen molar-refractivity contribution in [2.24, 2.45) is 0 Å². The van der Waals surface area contributed by atoms with E-state index in [1.165, 1.54) is 24.3 Å². The van der Waals surface area contributed by atoms with Gasteiger partial charge in [-0.1, -0.05) is 0 Å². The average molecular weight is 353 g/mol. The summed E-state index contributed by atoms with van der Waals surface area (Å²) in [6, 6.07) is 10.8. The maximum Gasteiger partial charge on any atom is 0.257 e. The van der Waals surface area contributed by atoms with E-state index >= 15 is 0 Å². The zero-order chi connectivity index (χ0) is 18.3. The fraction of sp³-hybridized carbons (Fsp3) is 0.300. The standard InChI is InChI=1S/C20H20FN3O2/c1-23-17-12-13(19(25)22-15-8-6-14(21)7-9-15)5-10-16(17)20(26)24-11-3-2-4-18(23)24/h5-10,12,18H,2-4,11H2,1H3,(H,22,25)/t18-/m0/s1. The predicted octanol–water partition coefficient (Wildman–Crippen LogP) is 3.48. The molecule has 134 valence electrons. The molecule has 0 spiro atoms. The lowest BCUT2D eigenvalue weighted by Gasteiger charge is -2.46. The Hall–Kier alpha value is -2.89. The van der Waals surface area contributed by atoms with Crippen LogP contribution in [0, 0.1) is 5.82 Å². The van der Waals surface area contributed by atoms with Gasteiger partial charge in [-0.25, -0.2) is 4.39 Å². The van der Waals surface area contributed by atoms with E-state index < -0.39 is 0 Å². The maximum atomic E-state index is 13.0. The van der Waals surface area contributed by atoms with E-state index in [-0.39, 0.29) is 23.8 Å². The molecule has 2 aliphatic heterocycles. The molecule has 0 aliphatic carbocycles. The number of carbonyl (C=O) groups is 2. The van der Waals surface area contributed by atoms with Crippen LogP contribution < -0.4 is 10.2 Å². The Balaban J connectivity index is 1.62. The van der Waals surface area contributed by atoms with Gasteiger partial charge < -0.3 is 15.1 Å². The molecule has 2 amide bonds. The third-order valence-corrected chi connectivity index (χ3v) is 5.15. The minimum Gasteiger partial charge on any atom is -0.354 e. The molecule has 0 unspecified atom stereocenters. The summed E-state index contributed by atoms with van der Waals surface area (Å²) in [7, 11) is 1.97. The molecule has 0 saturated carbocycles. The van der Waals surface area contributed by atoms with E-state index in [0.717, 1.165) is 31.5 Å².